The van der Waals surface area contributed by atoms with E-state index in [0.717, 1.165) is 37.8 Å². The number of aromatic carboxylic acids is 1. The third-order valence-corrected chi connectivity index (χ3v) is 7.56. The van der Waals surface area contributed by atoms with Crippen molar-refractivity contribution in [3.05, 3.63) is 83.1 Å². The van der Waals surface area contributed by atoms with Crippen molar-refractivity contribution in [1.29, 1.82) is 0 Å². The van der Waals surface area contributed by atoms with Gasteiger partial charge in [-0.25, -0.2) is 4.79 Å². The number of rotatable bonds is 7. The van der Waals surface area contributed by atoms with Gasteiger partial charge < -0.3 is 10.1 Å². The van der Waals surface area contributed by atoms with Crippen molar-refractivity contribution in [2.24, 2.45) is 11.8 Å². The fourth-order valence-corrected chi connectivity index (χ4v) is 5.69. The van der Waals surface area contributed by atoms with Crippen LogP contribution in [0.1, 0.15) is 64.3 Å². The van der Waals surface area contributed by atoms with Crippen LogP contribution in [0.5, 0.6) is 0 Å². The molecule has 2 fully saturated rings. The van der Waals surface area contributed by atoms with E-state index in [1.165, 1.54) is 52.4 Å². The summed E-state index contributed by atoms with van der Waals surface area (Å²) in [6.45, 7) is 8.15. The van der Waals surface area contributed by atoms with Gasteiger partial charge in [-0.2, -0.15) is 0 Å². The number of nitrogens with one attached hydrogen (secondary N) is 1. The summed E-state index contributed by atoms with van der Waals surface area (Å²) in [7, 11) is 0. The number of carboxylic acids is 1. The Morgan fingerprint density at radius 2 is 1.97 bits per heavy atom. The standard InChI is InChI=1S/C28H32N2O2/c1-3-4-23-15-18(2)27-24(11-13-29-27)25(23)17-30-14-12-22(19-5-6-19)16-26(30)20-7-9-21(10-8-20)28(31)32/h3,7-11,13,15,19,22,26,29H,1,4-6,12,14,16-17H2,2H3,(H,31,32). The van der Waals surface area contributed by atoms with Gasteiger partial charge in [0.05, 0.1) is 5.56 Å². The molecular weight excluding hydrogens is 396 g/mol. The molecule has 4 nitrogen and oxygen atoms in total. The van der Waals surface area contributed by atoms with E-state index in [2.05, 4.69) is 35.5 Å². The van der Waals surface area contributed by atoms with E-state index in [0.29, 0.717) is 11.6 Å². The normalized spacial score (nSPS) is 21.7. The first-order valence-electron chi connectivity index (χ1n) is 11.8. The first-order valence-corrected chi connectivity index (χ1v) is 11.8. The SMILES string of the molecule is C=CCc1cc(C)c2[nH]ccc2c1CN1CCC(C2CC2)CC1c1ccc(C(=O)O)cc1. The van der Waals surface area contributed by atoms with Crippen molar-refractivity contribution >= 4 is 16.9 Å². The predicted molar refractivity (Wildman–Crippen MR) is 129 cm³/mol. The number of likely N-dealkylation sites (tertiary alicyclic amines) is 1. The van der Waals surface area contributed by atoms with Gasteiger partial charge in [0, 0.05) is 29.7 Å². The summed E-state index contributed by atoms with van der Waals surface area (Å²) >= 11 is 0. The second kappa shape index (κ2) is 8.59. The van der Waals surface area contributed by atoms with Gasteiger partial charge in [-0.05, 0) is 97.9 Å². The summed E-state index contributed by atoms with van der Waals surface area (Å²) in [6, 6.07) is 12.4. The van der Waals surface area contributed by atoms with Crippen LogP contribution in [-0.4, -0.2) is 27.5 Å². The first kappa shape index (κ1) is 21.0. The van der Waals surface area contributed by atoms with Gasteiger partial charge in [-0.3, -0.25) is 4.90 Å². The molecule has 3 aromatic rings. The largest absolute Gasteiger partial charge is 0.478 e. The molecule has 166 valence electrons. The minimum Gasteiger partial charge on any atom is -0.478 e. The van der Waals surface area contributed by atoms with E-state index in [-0.39, 0.29) is 0 Å². The fourth-order valence-electron chi connectivity index (χ4n) is 5.69. The van der Waals surface area contributed by atoms with Crippen LogP contribution in [0.25, 0.3) is 10.9 Å². The Morgan fingerprint density at radius 3 is 2.66 bits per heavy atom. The Morgan fingerprint density at radius 1 is 1.19 bits per heavy atom. The Balaban J connectivity index is 1.50. The van der Waals surface area contributed by atoms with Crippen LogP contribution in [0.15, 0.2) is 55.3 Å². The molecule has 0 amide bonds. The minimum atomic E-state index is -0.864. The van der Waals surface area contributed by atoms with Gasteiger partial charge >= 0.3 is 5.97 Å². The number of aryl methyl sites for hydroxylation is 1. The minimum absolute atomic E-state index is 0.323. The average molecular weight is 429 g/mol. The van der Waals surface area contributed by atoms with Gasteiger partial charge in [-0.15, -0.1) is 6.58 Å². The number of H-pyrrole nitrogens is 1. The average Bonchev–Trinajstić information content (AvgIpc) is 3.52. The molecule has 2 unspecified atom stereocenters. The number of piperidine rings is 1. The third kappa shape index (κ3) is 4.00. The molecule has 2 aliphatic rings. The summed E-state index contributed by atoms with van der Waals surface area (Å²) in [5.41, 5.74) is 6.85. The quantitative estimate of drug-likeness (QED) is 0.436. The molecule has 1 aromatic heterocycles. The molecule has 32 heavy (non-hydrogen) atoms. The van der Waals surface area contributed by atoms with Crippen molar-refractivity contribution in [2.75, 3.05) is 6.54 Å². The van der Waals surface area contributed by atoms with Gasteiger partial charge in [0.15, 0.2) is 0 Å². The van der Waals surface area contributed by atoms with Crippen molar-refractivity contribution in [1.82, 2.24) is 9.88 Å². The van der Waals surface area contributed by atoms with Crippen LogP contribution in [-0.2, 0) is 13.0 Å². The Bertz CT molecular complexity index is 1140. The highest BCUT2D eigenvalue weighted by Gasteiger charge is 2.38. The fraction of sp³-hybridized carbons (Fsp3) is 0.393. The maximum atomic E-state index is 11.3. The molecule has 2 aromatic carbocycles. The van der Waals surface area contributed by atoms with E-state index in [1.807, 2.05) is 24.4 Å². The second-order valence-electron chi connectivity index (χ2n) is 9.63. The zero-order valence-electron chi connectivity index (χ0n) is 18.8. The second-order valence-corrected chi connectivity index (χ2v) is 9.63. The van der Waals surface area contributed by atoms with Crippen molar-refractivity contribution in [3.8, 4) is 0 Å². The van der Waals surface area contributed by atoms with E-state index in [4.69, 9.17) is 0 Å². The highest BCUT2D eigenvalue weighted by Crippen LogP contribution is 2.47. The number of allylic oxidation sites excluding steroid dienone is 1. The molecule has 0 radical (unpaired) electrons. The lowest BCUT2D eigenvalue weighted by molar-refractivity contribution is 0.0696. The Labute approximate surface area is 190 Å². The molecule has 1 saturated carbocycles. The summed E-state index contributed by atoms with van der Waals surface area (Å²) in [4.78, 5) is 17.4. The van der Waals surface area contributed by atoms with Crippen LogP contribution in [0.4, 0.5) is 0 Å². The van der Waals surface area contributed by atoms with Crippen LogP contribution in [0.2, 0.25) is 0 Å². The van der Waals surface area contributed by atoms with Crippen molar-refractivity contribution in [2.45, 2.75) is 51.6 Å². The lowest BCUT2D eigenvalue weighted by Gasteiger charge is -2.40. The summed E-state index contributed by atoms with van der Waals surface area (Å²) < 4.78 is 0. The smallest absolute Gasteiger partial charge is 0.335 e. The van der Waals surface area contributed by atoms with Crippen molar-refractivity contribution < 1.29 is 9.90 Å². The number of aromatic nitrogens is 1. The number of aromatic amines is 1. The third-order valence-electron chi connectivity index (χ3n) is 7.56. The molecule has 1 saturated heterocycles. The maximum Gasteiger partial charge on any atom is 0.335 e. The van der Waals surface area contributed by atoms with E-state index >= 15 is 0 Å². The van der Waals surface area contributed by atoms with Crippen LogP contribution < -0.4 is 0 Å². The van der Waals surface area contributed by atoms with Crippen LogP contribution >= 0.6 is 0 Å². The molecule has 0 spiro atoms. The van der Waals surface area contributed by atoms with Gasteiger partial charge in [-0.1, -0.05) is 24.3 Å². The molecule has 2 heterocycles. The molecule has 4 heteroatoms. The Kier molecular flexibility index (Phi) is 5.64. The van der Waals surface area contributed by atoms with E-state index in [1.54, 1.807) is 12.1 Å². The maximum absolute atomic E-state index is 11.3. The van der Waals surface area contributed by atoms with Gasteiger partial charge in [0.25, 0.3) is 0 Å². The highest BCUT2D eigenvalue weighted by molar-refractivity contribution is 5.88. The zero-order chi connectivity index (χ0) is 22.2. The number of hydrogen-bond acceptors (Lipinski definition) is 2. The number of hydrogen-bond donors (Lipinski definition) is 2. The lowest BCUT2D eigenvalue weighted by Crippen LogP contribution is -2.37. The topological polar surface area (TPSA) is 56.3 Å². The molecule has 1 aliphatic carbocycles. The van der Waals surface area contributed by atoms with E-state index in [9.17, 15) is 9.90 Å². The lowest BCUT2D eigenvalue weighted by atomic mass is 9.83. The monoisotopic (exact) mass is 428 g/mol. The number of carboxylic acid groups (broad SMARTS) is 1. The number of nitrogens with zero attached hydrogens (tertiary/aromatic N) is 1. The highest BCUT2D eigenvalue weighted by atomic mass is 16.4. The number of fused-ring (bicyclic) bond motifs is 1. The summed E-state index contributed by atoms with van der Waals surface area (Å²) in [6.07, 6.45) is 10.1. The summed E-state index contributed by atoms with van der Waals surface area (Å²) in [5, 5.41) is 10.6. The first-order chi connectivity index (χ1) is 15.5. The summed E-state index contributed by atoms with van der Waals surface area (Å²) in [5.74, 6) is 0.815. The molecule has 2 atom stereocenters. The molecule has 1 aliphatic heterocycles. The number of carbonyl (C=O) groups is 1. The predicted octanol–water partition coefficient (Wildman–Crippen LogP) is 6.27. The Hall–Kier alpha value is -2.85. The van der Waals surface area contributed by atoms with E-state index < -0.39 is 5.97 Å². The van der Waals surface area contributed by atoms with Crippen LogP contribution in [0.3, 0.4) is 0 Å². The molecule has 2 N–H and O–H groups in total. The van der Waals surface area contributed by atoms with Crippen LogP contribution in [0, 0.1) is 18.8 Å². The zero-order valence-corrected chi connectivity index (χ0v) is 18.8. The molecule has 0 bridgehead atoms. The molecular formula is C28H32N2O2. The molecule has 5 rings (SSSR count). The van der Waals surface area contributed by atoms with Gasteiger partial charge in [0.2, 0.25) is 0 Å². The van der Waals surface area contributed by atoms with Crippen molar-refractivity contribution in [3.63, 3.8) is 0 Å². The van der Waals surface area contributed by atoms with Gasteiger partial charge in [0.1, 0.15) is 0 Å². The number of benzene rings is 2.